The van der Waals surface area contributed by atoms with Crippen LogP contribution in [0.2, 0.25) is 0 Å². The van der Waals surface area contributed by atoms with Crippen molar-refractivity contribution in [3.8, 4) is 5.13 Å². The maximum absolute atomic E-state index is 11.6. The van der Waals surface area contributed by atoms with Crippen molar-refractivity contribution in [1.29, 1.82) is 0 Å². The molecular formula is C18H18N4OS. The van der Waals surface area contributed by atoms with Crippen LogP contribution in [0.15, 0.2) is 42.0 Å². The van der Waals surface area contributed by atoms with Crippen LogP contribution in [0.25, 0.3) is 21.6 Å². The minimum atomic E-state index is -0.401. The zero-order chi connectivity index (χ0) is 16.7. The smallest absolute Gasteiger partial charge is 0.248 e. The standard InChI is InChI=1S/C18H18N4OS/c1-21-7-4-12(5-8-21)15-11-22(18-20-6-9-24-18)16-3-2-13(17(19)23)10-14(15)16/h2-4,6,9-11H,5,7-8H2,1H3,(H2,19,23). The van der Waals surface area contributed by atoms with E-state index in [0.717, 1.165) is 41.1 Å². The highest BCUT2D eigenvalue weighted by atomic mass is 32.1. The van der Waals surface area contributed by atoms with Gasteiger partial charge in [0.25, 0.3) is 0 Å². The monoisotopic (exact) mass is 338 g/mol. The maximum atomic E-state index is 11.6. The number of fused-ring (bicyclic) bond motifs is 1. The molecule has 0 fully saturated rings. The zero-order valence-corrected chi connectivity index (χ0v) is 14.2. The van der Waals surface area contributed by atoms with Crippen molar-refractivity contribution >= 4 is 33.7 Å². The van der Waals surface area contributed by atoms with E-state index >= 15 is 0 Å². The minimum absolute atomic E-state index is 0.401. The third-order valence-corrected chi connectivity index (χ3v) is 5.24. The van der Waals surface area contributed by atoms with E-state index in [1.165, 1.54) is 5.57 Å². The van der Waals surface area contributed by atoms with Crippen molar-refractivity contribution < 1.29 is 4.79 Å². The summed E-state index contributed by atoms with van der Waals surface area (Å²) in [6.07, 6.45) is 7.19. The number of hydrogen-bond donors (Lipinski definition) is 1. The summed E-state index contributed by atoms with van der Waals surface area (Å²) in [5, 5.41) is 3.94. The van der Waals surface area contributed by atoms with Gasteiger partial charge in [-0.2, -0.15) is 0 Å². The molecule has 0 saturated carbocycles. The van der Waals surface area contributed by atoms with Crippen LogP contribution in [0.4, 0.5) is 0 Å². The molecule has 0 unspecified atom stereocenters. The molecule has 0 atom stereocenters. The van der Waals surface area contributed by atoms with E-state index in [-0.39, 0.29) is 0 Å². The van der Waals surface area contributed by atoms with Gasteiger partial charge in [0.05, 0.1) is 5.52 Å². The molecule has 3 aromatic rings. The molecule has 1 aromatic carbocycles. The summed E-state index contributed by atoms with van der Waals surface area (Å²) in [5.41, 5.74) is 9.54. The first kappa shape index (κ1) is 15.1. The Morgan fingerprint density at radius 1 is 1.38 bits per heavy atom. The second-order valence-electron chi connectivity index (χ2n) is 6.07. The average molecular weight is 338 g/mol. The maximum Gasteiger partial charge on any atom is 0.248 e. The fourth-order valence-corrected chi connectivity index (χ4v) is 3.78. The van der Waals surface area contributed by atoms with E-state index in [1.54, 1.807) is 23.6 Å². The van der Waals surface area contributed by atoms with E-state index < -0.39 is 5.91 Å². The molecule has 1 aliphatic heterocycles. The molecule has 3 heterocycles. The fraction of sp³-hybridized carbons (Fsp3) is 0.222. The molecule has 2 N–H and O–H groups in total. The van der Waals surface area contributed by atoms with Gasteiger partial charge in [0.1, 0.15) is 0 Å². The molecule has 4 rings (SSSR count). The van der Waals surface area contributed by atoms with Gasteiger partial charge in [-0.05, 0) is 37.2 Å². The summed E-state index contributed by atoms with van der Waals surface area (Å²) < 4.78 is 2.10. The molecular weight excluding hydrogens is 320 g/mol. The highest BCUT2D eigenvalue weighted by Gasteiger charge is 2.18. The highest BCUT2D eigenvalue weighted by Crippen LogP contribution is 2.33. The van der Waals surface area contributed by atoms with Crippen LogP contribution in [-0.4, -0.2) is 40.5 Å². The van der Waals surface area contributed by atoms with Crippen molar-refractivity contribution in [2.75, 3.05) is 20.1 Å². The van der Waals surface area contributed by atoms with Gasteiger partial charge in [-0.1, -0.05) is 6.08 Å². The fourth-order valence-electron chi connectivity index (χ4n) is 3.15. The summed E-state index contributed by atoms with van der Waals surface area (Å²) in [4.78, 5) is 18.3. The Labute approximate surface area is 144 Å². The summed E-state index contributed by atoms with van der Waals surface area (Å²) in [6, 6.07) is 5.63. The normalized spacial score (nSPS) is 15.6. The number of benzene rings is 1. The number of rotatable bonds is 3. The van der Waals surface area contributed by atoms with Gasteiger partial charge in [0, 0.05) is 47.4 Å². The van der Waals surface area contributed by atoms with Crippen molar-refractivity contribution in [2.45, 2.75) is 6.42 Å². The van der Waals surface area contributed by atoms with Gasteiger partial charge >= 0.3 is 0 Å². The van der Waals surface area contributed by atoms with E-state index in [0.29, 0.717) is 5.56 Å². The topological polar surface area (TPSA) is 64.2 Å². The lowest BCUT2D eigenvalue weighted by Gasteiger charge is -2.21. The first-order valence-electron chi connectivity index (χ1n) is 7.86. The molecule has 1 amide bonds. The van der Waals surface area contributed by atoms with E-state index in [1.807, 2.05) is 17.5 Å². The number of amides is 1. The van der Waals surface area contributed by atoms with Crippen LogP contribution in [0.5, 0.6) is 0 Å². The SMILES string of the molecule is CN1CC=C(c2cn(-c3nccs3)c3ccc(C(N)=O)cc23)CC1. The molecule has 2 aromatic heterocycles. The Hall–Kier alpha value is -2.44. The molecule has 0 spiro atoms. The zero-order valence-electron chi connectivity index (χ0n) is 13.4. The van der Waals surface area contributed by atoms with Crippen LogP contribution >= 0.6 is 11.3 Å². The van der Waals surface area contributed by atoms with Crippen LogP contribution in [0.1, 0.15) is 22.3 Å². The van der Waals surface area contributed by atoms with Gasteiger partial charge in [-0.15, -0.1) is 11.3 Å². The molecule has 6 heteroatoms. The van der Waals surface area contributed by atoms with Gasteiger partial charge in [-0.3, -0.25) is 9.36 Å². The van der Waals surface area contributed by atoms with Gasteiger partial charge in [0.15, 0.2) is 5.13 Å². The van der Waals surface area contributed by atoms with Gasteiger partial charge < -0.3 is 10.6 Å². The lowest BCUT2D eigenvalue weighted by atomic mass is 9.98. The van der Waals surface area contributed by atoms with Crippen molar-refractivity contribution in [1.82, 2.24) is 14.5 Å². The summed E-state index contributed by atoms with van der Waals surface area (Å²) in [7, 11) is 2.12. The lowest BCUT2D eigenvalue weighted by molar-refractivity contribution is 0.100. The molecule has 1 aliphatic rings. The number of likely N-dealkylation sites (N-methyl/N-ethyl adjacent to an activating group) is 1. The van der Waals surface area contributed by atoms with Crippen molar-refractivity contribution in [3.05, 3.63) is 53.2 Å². The predicted molar refractivity (Wildman–Crippen MR) is 97.6 cm³/mol. The van der Waals surface area contributed by atoms with Crippen LogP contribution in [0.3, 0.4) is 0 Å². The second kappa shape index (κ2) is 5.89. The summed E-state index contributed by atoms with van der Waals surface area (Å²) in [5.74, 6) is -0.401. The van der Waals surface area contributed by atoms with Crippen molar-refractivity contribution in [2.24, 2.45) is 5.73 Å². The van der Waals surface area contributed by atoms with Crippen LogP contribution in [0, 0.1) is 0 Å². The van der Waals surface area contributed by atoms with Crippen LogP contribution in [-0.2, 0) is 0 Å². The molecule has 0 bridgehead atoms. The summed E-state index contributed by atoms with van der Waals surface area (Å²) >= 11 is 1.59. The third-order valence-electron chi connectivity index (χ3n) is 4.47. The number of nitrogens with zero attached hydrogens (tertiary/aromatic N) is 3. The number of hydrogen-bond acceptors (Lipinski definition) is 4. The third kappa shape index (κ3) is 2.53. The van der Waals surface area contributed by atoms with Crippen molar-refractivity contribution in [3.63, 3.8) is 0 Å². The van der Waals surface area contributed by atoms with E-state index in [4.69, 9.17) is 5.73 Å². The largest absolute Gasteiger partial charge is 0.366 e. The molecule has 0 radical (unpaired) electrons. The van der Waals surface area contributed by atoms with E-state index in [9.17, 15) is 4.79 Å². The number of carbonyl (C=O) groups excluding carboxylic acids is 1. The second-order valence-corrected chi connectivity index (χ2v) is 6.94. The minimum Gasteiger partial charge on any atom is -0.366 e. The Morgan fingerprint density at radius 2 is 2.25 bits per heavy atom. The van der Waals surface area contributed by atoms with E-state index in [2.05, 4.69) is 33.8 Å². The predicted octanol–water partition coefficient (Wildman–Crippen LogP) is 2.90. The molecule has 122 valence electrons. The Morgan fingerprint density at radius 3 is 2.92 bits per heavy atom. The molecule has 0 aliphatic carbocycles. The summed E-state index contributed by atoms with van der Waals surface area (Å²) in [6.45, 7) is 1.97. The molecule has 0 saturated heterocycles. The lowest BCUT2D eigenvalue weighted by Crippen LogP contribution is -2.23. The van der Waals surface area contributed by atoms with Crippen LogP contribution < -0.4 is 5.73 Å². The molecule has 5 nitrogen and oxygen atoms in total. The number of carbonyl (C=O) groups is 1. The average Bonchev–Trinajstić information content (AvgIpc) is 3.22. The highest BCUT2D eigenvalue weighted by molar-refractivity contribution is 7.12. The first-order valence-corrected chi connectivity index (χ1v) is 8.74. The Kier molecular flexibility index (Phi) is 3.70. The Balaban J connectivity index is 1.94. The van der Waals surface area contributed by atoms with Gasteiger partial charge in [-0.25, -0.2) is 4.98 Å². The number of primary amides is 1. The quantitative estimate of drug-likeness (QED) is 0.798. The Bertz CT molecular complexity index is 939. The number of nitrogens with two attached hydrogens (primary N) is 1. The number of thiazole rings is 1. The number of aromatic nitrogens is 2. The first-order chi connectivity index (χ1) is 11.6. The van der Waals surface area contributed by atoms with Gasteiger partial charge in [0.2, 0.25) is 5.91 Å². The molecule has 24 heavy (non-hydrogen) atoms.